The molecule has 0 unspecified atom stereocenters. The molecule has 9 heteroatoms. The number of carbonyl (C=O) groups excluding carboxylic acids is 1. The van der Waals surface area contributed by atoms with Crippen LogP contribution in [0.5, 0.6) is 11.5 Å². The number of sulfonamides is 1. The van der Waals surface area contributed by atoms with E-state index in [2.05, 4.69) is 15.2 Å². The fraction of sp³-hybridized carbons (Fsp3) is 0.333. The lowest BCUT2D eigenvalue weighted by molar-refractivity contribution is -0.123. The Balaban J connectivity index is 2.12. The van der Waals surface area contributed by atoms with Crippen LogP contribution in [0.25, 0.3) is 0 Å². The number of nitrogens with zero attached hydrogens (tertiary/aromatic N) is 1. The number of amides is 1. The van der Waals surface area contributed by atoms with Gasteiger partial charge in [0, 0.05) is 0 Å². The molecule has 162 valence electrons. The van der Waals surface area contributed by atoms with E-state index in [9.17, 15) is 18.3 Å². The van der Waals surface area contributed by atoms with Gasteiger partial charge in [-0.05, 0) is 55.2 Å². The number of benzene rings is 2. The van der Waals surface area contributed by atoms with Crippen molar-refractivity contribution in [2.24, 2.45) is 11.0 Å². The van der Waals surface area contributed by atoms with Gasteiger partial charge in [0.2, 0.25) is 10.0 Å². The van der Waals surface area contributed by atoms with Crippen LogP contribution in [0.3, 0.4) is 0 Å². The summed E-state index contributed by atoms with van der Waals surface area (Å²) in [5, 5.41) is 13.5. The maximum absolute atomic E-state index is 12.7. The van der Waals surface area contributed by atoms with Crippen LogP contribution in [-0.2, 0) is 14.8 Å². The largest absolute Gasteiger partial charge is 0.504 e. The number of ether oxygens (including phenoxy) is 1. The Morgan fingerprint density at radius 2 is 1.87 bits per heavy atom. The molecule has 2 rings (SSSR count). The molecule has 8 nitrogen and oxygen atoms in total. The van der Waals surface area contributed by atoms with Crippen LogP contribution in [-0.4, -0.2) is 38.8 Å². The first-order valence-electron chi connectivity index (χ1n) is 9.41. The van der Waals surface area contributed by atoms with Crippen molar-refractivity contribution < 1.29 is 23.1 Å². The quantitative estimate of drug-likeness (QED) is 0.415. The van der Waals surface area contributed by atoms with E-state index in [1.54, 1.807) is 24.3 Å². The predicted molar refractivity (Wildman–Crippen MR) is 115 cm³/mol. The third kappa shape index (κ3) is 6.57. The van der Waals surface area contributed by atoms with Gasteiger partial charge in [-0.25, -0.2) is 13.8 Å². The van der Waals surface area contributed by atoms with Gasteiger partial charge in [0.15, 0.2) is 11.5 Å². The predicted octanol–water partition coefficient (Wildman–Crippen LogP) is 2.55. The van der Waals surface area contributed by atoms with Gasteiger partial charge in [0.25, 0.3) is 5.91 Å². The maximum atomic E-state index is 12.7. The minimum Gasteiger partial charge on any atom is -0.504 e. The van der Waals surface area contributed by atoms with Crippen LogP contribution in [0.2, 0.25) is 0 Å². The second-order valence-corrected chi connectivity index (χ2v) is 9.00. The topological polar surface area (TPSA) is 117 Å². The third-order valence-electron chi connectivity index (χ3n) is 4.24. The summed E-state index contributed by atoms with van der Waals surface area (Å²) in [6.45, 7) is 5.65. The average molecular weight is 434 g/mol. The molecule has 1 amide bonds. The third-order valence-corrected chi connectivity index (χ3v) is 5.73. The molecule has 0 spiro atoms. The van der Waals surface area contributed by atoms with Crippen molar-refractivity contribution in [1.29, 1.82) is 0 Å². The minimum absolute atomic E-state index is 0.0128. The molecule has 0 aromatic heterocycles. The highest BCUT2D eigenvalue weighted by molar-refractivity contribution is 7.89. The Kier molecular flexibility index (Phi) is 7.96. The van der Waals surface area contributed by atoms with Crippen LogP contribution >= 0.6 is 0 Å². The van der Waals surface area contributed by atoms with Crippen molar-refractivity contribution in [1.82, 2.24) is 10.1 Å². The molecule has 1 atom stereocenters. The van der Waals surface area contributed by atoms with E-state index in [4.69, 9.17) is 4.74 Å². The lowest BCUT2D eigenvalue weighted by Crippen LogP contribution is -2.46. The summed E-state index contributed by atoms with van der Waals surface area (Å²) in [7, 11) is -2.44. The van der Waals surface area contributed by atoms with E-state index in [0.29, 0.717) is 12.0 Å². The first-order valence-corrected chi connectivity index (χ1v) is 10.9. The number of nitrogens with one attached hydrogen (secondary N) is 2. The van der Waals surface area contributed by atoms with E-state index < -0.39 is 22.0 Å². The molecule has 30 heavy (non-hydrogen) atoms. The molecule has 0 radical (unpaired) electrons. The minimum atomic E-state index is -3.86. The summed E-state index contributed by atoms with van der Waals surface area (Å²) in [6, 6.07) is 10.00. The van der Waals surface area contributed by atoms with Crippen molar-refractivity contribution in [2.75, 3.05) is 7.11 Å². The van der Waals surface area contributed by atoms with Gasteiger partial charge < -0.3 is 9.84 Å². The van der Waals surface area contributed by atoms with Gasteiger partial charge in [-0.3, -0.25) is 4.79 Å². The summed E-state index contributed by atoms with van der Waals surface area (Å²) >= 11 is 0. The highest BCUT2D eigenvalue weighted by Gasteiger charge is 2.26. The van der Waals surface area contributed by atoms with E-state index >= 15 is 0 Å². The van der Waals surface area contributed by atoms with Gasteiger partial charge >= 0.3 is 0 Å². The molecule has 0 fully saturated rings. The normalized spacial score (nSPS) is 12.8. The lowest BCUT2D eigenvalue weighted by Gasteiger charge is -2.19. The summed E-state index contributed by atoms with van der Waals surface area (Å²) in [6.07, 6.45) is 1.68. The monoisotopic (exact) mass is 433 g/mol. The van der Waals surface area contributed by atoms with Crippen LogP contribution in [0, 0.1) is 12.8 Å². The SMILES string of the molecule is COc1cc(/C=N\NC(=O)[C@H](CC(C)C)NS(=O)(=O)c2ccc(C)cc2)ccc1O. The van der Waals surface area contributed by atoms with E-state index in [-0.39, 0.29) is 22.3 Å². The highest BCUT2D eigenvalue weighted by Crippen LogP contribution is 2.25. The van der Waals surface area contributed by atoms with Gasteiger partial charge in [0.1, 0.15) is 6.04 Å². The van der Waals surface area contributed by atoms with Gasteiger partial charge in [-0.15, -0.1) is 0 Å². The number of phenols is 1. The molecular weight excluding hydrogens is 406 g/mol. The van der Waals surface area contributed by atoms with Crippen LogP contribution in [0.1, 0.15) is 31.4 Å². The molecule has 0 aliphatic carbocycles. The molecule has 0 saturated carbocycles. The fourth-order valence-corrected chi connectivity index (χ4v) is 3.88. The molecule has 0 saturated heterocycles. The van der Waals surface area contributed by atoms with Crippen LogP contribution < -0.4 is 14.9 Å². The van der Waals surface area contributed by atoms with E-state index in [1.807, 2.05) is 20.8 Å². The summed E-state index contributed by atoms with van der Waals surface area (Å²) in [5.41, 5.74) is 3.90. The molecule has 2 aromatic rings. The molecule has 0 bridgehead atoms. The summed E-state index contributed by atoms with van der Waals surface area (Å²) in [5.74, 6) is -0.233. The second-order valence-electron chi connectivity index (χ2n) is 7.28. The van der Waals surface area contributed by atoms with Crippen molar-refractivity contribution >= 4 is 22.1 Å². The summed E-state index contributed by atoms with van der Waals surface area (Å²) in [4.78, 5) is 12.7. The number of carbonyl (C=O) groups is 1. The van der Waals surface area contributed by atoms with Crippen molar-refractivity contribution in [2.45, 2.75) is 38.1 Å². The number of aryl methyl sites for hydroxylation is 1. The zero-order valence-corrected chi connectivity index (χ0v) is 18.2. The fourth-order valence-electron chi connectivity index (χ4n) is 2.68. The average Bonchev–Trinajstić information content (AvgIpc) is 2.68. The number of phenolic OH excluding ortho intramolecular Hbond substituents is 1. The lowest BCUT2D eigenvalue weighted by atomic mass is 10.0. The molecular formula is C21H27N3O5S. The Bertz CT molecular complexity index is 1000. The first-order chi connectivity index (χ1) is 14.1. The number of aromatic hydroxyl groups is 1. The van der Waals surface area contributed by atoms with Gasteiger partial charge in [-0.2, -0.15) is 9.82 Å². The zero-order valence-electron chi connectivity index (χ0n) is 17.4. The van der Waals surface area contributed by atoms with E-state index in [1.165, 1.54) is 31.5 Å². The molecule has 0 aliphatic heterocycles. The molecule has 2 aromatic carbocycles. The first kappa shape index (κ1) is 23.4. The van der Waals surface area contributed by atoms with E-state index in [0.717, 1.165) is 5.56 Å². The van der Waals surface area contributed by atoms with Crippen molar-refractivity contribution in [3.8, 4) is 11.5 Å². The van der Waals surface area contributed by atoms with Crippen molar-refractivity contribution in [3.05, 3.63) is 53.6 Å². The maximum Gasteiger partial charge on any atom is 0.258 e. The van der Waals surface area contributed by atoms with Gasteiger partial charge in [-0.1, -0.05) is 31.5 Å². The van der Waals surface area contributed by atoms with Gasteiger partial charge in [0.05, 0.1) is 18.2 Å². The Morgan fingerprint density at radius 1 is 1.20 bits per heavy atom. The highest BCUT2D eigenvalue weighted by atomic mass is 32.2. The second kappa shape index (κ2) is 10.2. The van der Waals surface area contributed by atoms with Crippen LogP contribution in [0.15, 0.2) is 52.5 Å². The Hall–Kier alpha value is -2.91. The number of hydrogen-bond acceptors (Lipinski definition) is 6. The molecule has 0 aliphatic rings. The number of hydrogen-bond donors (Lipinski definition) is 3. The van der Waals surface area contributed by atoms with Crippen LogP contribution in [0.4, 0.5) is 0 Å². The smallest absolute Gasteiger partial charge is 0.258 e. The number of methoxy groups -OCH3 is 1. The number of hydrazone groups is 1. The van der Waals surface area contributed by atoms with Crippen molar-refractivity contribution in [3.63, 3.8) is 0 Å². The summed E-state index contributed by atoms with van der Waals surface area (Å²) < 4.78 is 32.8. The number of rotatable bonds is 9. The molecule has 0 heterocycles. The zero-order chi connectivity index (χ0) is 22.3. The standard InChI is InChI=1S/C21H27N3O5S/c1-14(2)11-18(24-30(27,28)17-8-5-15(3)6-9-17)21(26)23-22-13-16-7-10-19(25)20(12-16)29-4/h5-10,12-14,18,24-25H,11H2,1-4H3,(H,23,26)/b22-13-/t18-/m0/s1. The Morgan fingerprint density at radius 3 is 2.47 bits per heavy atom. The molecule has 3 N–H and O–H groups in total. The Labute approximate surface area is 177 Å².